The number of carbonyl (C=O) groups excluding carboxylic acids is 1. The molecule has 3 rings (SSSR count). The summed E-state index contributed by atoms with van der Waals surface area (Å²) < 4.78 is 29.8. The molecule has 0 spiro atoms. The highest BCUT2D eigenvalue weighted by molar-refractivity contribution is 7.99. The first kappa shape index (κ1) is 18.6. The largest absolute Gasteiger partial charge is 0.494 e. The van der Waals surface area contributed by atoms with Crippen molar-refractivity contribution in [3.63, 3.8) is 0 Å². The molecule has 2 aromatic rings. The number of amides is 1. The Kier molecular flexibility index (Phi) is 5.47. The van der Waals surface area contributed by atoms with Gasteiger partial charge < -0.3 is 10.1 Å². The number of nitrogens with one attached hydrogen (secondary N) is 1. The summed E-state index contributed by atoms with van der Waals surface area (Å²) >= 11 is 1.17. The van der Waals surface area contributed by atoms with Crippen LogP contribution in [0.25, 0.3) is 5.69 Å². The summed E-state index contributed by atoms with van der Waals surface area (Å²) in [5.41, 5.74) is 1.70. The van der Waals surface area contributed by atoms with Crippen LogP contribution in [0.2, 0.25) is 0 Å². The van der Waals surface area contributed by atoms with E-state index in [-0.39, 0.29) is 29.2 Å². The first-order valence-corrected chi connectivity index (χ1v) is 10.7. The van der Waals surface area contributed by atoms with E-state index >= 15 is 0 Å². The van der Waals surface area contributed by atoms with E-state index < -0.39 is 9.84 Å². The molecule has 140 valence electrons. The highest BCUT2D eigenvalue weighted by Crippen LogP contribution is 2.26. The topological polar surface area (TPSA) is 116 Å². The average molecular weight is 397 g/mol. The number of hydrogen-bond acceptors (Lipinski definition) is 8. The van der Waals surface area contributed by atoms with Crippen molar-refractivity contribution in [2.45, 2.75) is 24.5 Å². The van der Waals surface area contributed by atoms with E-state index in [1.165, 1.54) is 16.4 Å². The van der Waals surface area contributed by atoms with Crippen molar-refractivity contribution in [1.29, 1.82) is 0 Å². The summed E-state index contributed by atoms with van der Waals surface area (Å²) in [6, 6.07) is 5.32. The van der Waals surface area contributed by atoms with Crippen molar-refractivity contribution in [3.8, 4) is 11.4 Å². The first-order chi connectivity index (χ1) is 12.4. The number of nitrogens with zero attached hydrogens (tertiary/aromatic N) is 4. The van der Waals surface area contributed by atoms with Crippen LogP contribution in [0.3, 0.4) is 0 Å². The first-order valence-electron chi connectivity index (χ1n) is 7.94. The molecule has 1 aromatic carbocycles. The van der Waals surface area contributed by atoms with E-state index in [4.69, 9.17) is 4.74 Å². The van der Waals surface area contributed by atoms with Gasteiger partial charge in [-0.2, -0.15) is 4.68 Å². The molecule has 1 fully saturated rings. The number of thioether (sulfide) groups is 1. The molecule has 1 aliphatic rings. The van der Waals surface area contributed by atoms with Crippen molar-refractivity contribution in [3.05, 3.63) is 23.8 Å². The molecule has 26 heavy (non-hydrogen) atoms. The van der Waals surface area contributed by atoms with E-state index in [9.17, 15) is 13.2 Å². The second-order valence-corrected chi connectivity index (χ2v) is 9.18. The third kappa shape index (κ3) is 4.33. The SMILES string of the molecule is COc1ccc(C)cc1-n1nnnc1SCC(=O)N[C@@H]1CCS(=O)(=O)C1. The quantitative estimate of drug-likeness (QED) is 0.695. The van der Waals surface area contributed by atoms with E-state index in [1.54, 1.807) is 7.11 Å². The lowest BCUT2D eigenvalue weighted by Crippen LogP contribution is -2.36. The van der Waals surface area contributed by atoms with Crippen molar-refractivity contribution in [1.82, 2.24) is 25.5 Å². The summed E-state index contributed by atoms with van der Waals surface area (Å²) in [6.45, 7) is 1.95. The fourth-order valence-corrected chi connectivity index (χ4v) is 5.06. The molecule has 1 aromatic heterocycles. The Hall–Kier alpha value is -2.14. The summed E-state index contributed by atoms with van der Waals surface area (Å²) in [6.07, 6.45) is 0.455. The lowest BCUT2D eigenvalue weighted by atomic mass is 10.2. The second-order valence-electron chi connectivity index (χ2n) is 6.00. The predicted molar refractivity (Wildman–Crippen MR) is 96.4 cm³/mol. The number of ether oxygens (including phenoxy) is 1. The lowest BCUT2D eigenvalue weighted by Gasteiger charge is -2.11. The average Bonchev–Trinajstić information content (AvgIpc) is 3.19. The van der Waals surface area contributed by atoms with Gasteiger partial charge in [0.25, 0.3) is 0 Å². The van der Waals surface area contributed by atoms with Crippen LogP contribution in [-0.2, 0) is 14.6 Å². The maximum absolute atomic E-state index is 12.1. The summed E-state index contributed by atoms with van der Waals surface area (Å²) in [4.78, 5) is 12.1. The third-order valence-electron chi connectivity index (χ3n) is 3.93. The highest BCUT2D eigenvalue weighted by atomic mass is 32.2. The molecule has 1 amide bonds. The molecule has 0 radical (unpaired) electrons. The van der Waals surface area contributed by atoms with Gasteiger partial charge >= 0.3 is 0 Å². The zero-order valence-electron chi connectivity index (χ0n) is 14.4. The number of aromatic nitrogens is 4. The Morgan fingerprint density at radius 3 is 2.96 bits per heavy atom. The van der Waals surface area contributed by atoms with Crippen LogP contribution in [0, 0.1) is 6.92 Å². The standard InChI is InChI=1S/C15H19N5O4S2/c1-10-3-4-13(24-2)12(7-10)20-15(17-18-19-20)25-8-14(21)16-11-5-6-26(22,23)9-11/h3-4,7,11H,5-6,8-9H2,1-2H3,(H,16,21)/t11-/m1/s1. The van der Waals surface area contributed by atoms with Crippen LogP contribution in [0.5, 0.6) is 5.75 Å². The van der Waals surface area contributed by atoms with E-state index in [2.05, 4.69) is 20.8 Å². The van der Waals surface area contributed by atoms with Gasteiger partial charge in [0, 0.05) is 6.04 Å². The van der Waals surface area contributed by atoms with Crippen LogP contribution in [0.15, 0.2) is 23.4 Å². The van der Waals surface area contributed by atoms with Crippen LogP contribution in [-0.4, -0.2) is 64.9 Å². The zero-order valence-corrected chi connectivity index (χ0v) is 16.0. The Bertz CT molecular complexity index is 913. The minimum Gasteiger partial charge on any atom is -0.494 e. The van der Waals surface area contributed by atoms with Gasteiger partial charge in [-0.1, -0.05) is 17.8 Å². The Morgan fingerprint density at radius 2 is 2.27 bits per heavy atom. The van der Waals surface area contributed by atoms with Crippen LogP contribution in [0.4, 0.5) is 0 Å². The van der Waals surface area contributed by atoms with E-state index in [1.807, 2.05) is 25.1 Å². The molecule has 1 saturated heterocycles. The van der Waals surface area contributed by atoms with Crippen LogP contribution >= 0.6 is 11.8 Å². The van der Waals surface area contributed by atoms with E-state index in [0.29, 0.717) is 23.0 Å². The number of tetrazole rings is 1. The Labute approximate surface area is 155 Å². The van der Waals surface area contributed by atoms with Crippen LogP contribution in [0.1, 0.15) is 12.0 Å². The molecule has 2 heterocycles. The molecule has 0 aliphatic carbocycles. The number of rotatable bonds is 6. The van der Waals surface area contributed by atoms with Gasteiger partial charge in [-0.3, -0.25) is 4.79 Å². The number of aryl methyl sites for hydroxylation is 1. The van der Waals surface area contributed by atoms with Gasteiger partial charge in [0.15, 0.2) is 9.84 Å². The van der Waals surface area contributed by atoms with Gasteiger partial charge in [-0.25, -0.2) is 8.42 Å². The normalized spacial score (nSPS) is 18.6. The van der Waals surface area contributed by atoms with Gasteiger partial charge in [0.2, 0.25) is 11.1 Å². The number of methoxy groups -OCH3 is 1. The molecule has 0 bridgehead atoms. The smallest absolute Gasteiger partial charge is 0.230 e. The number of hydrogen-bond donors (Lipinski definition) is 1. The lowest BCUT2D eigenvalue weighted by molar-refractivity contribution is -0.119. The van der Waals surface area contributed by atoms with Crippen molar-refractivity contribution < 1.29 is 17.9 Å². The van der Waals surface area contributed by atoms with Crippen LogP contribution < -0.4 is 10.1 Å². The molecule has 0 saturated carbocycles. The van der Waals surface area contributed by atoms with Gasteiger partial charge in [-0.05, 0) is 41.5 Å². The maximum atomic E-state index is 12.1. The van der Waals surface area contributed by atoms with Crippen molar-refractivity contribution in [2.75, 3.05) is 24.4 Å². The Balaban J connectivity index is 1.66. The summed E-state index contributed by atoms with van der Waals surface area (Å²) in [7, 11) is -1.46. The molecule has 1 N–H and O–H groups in total. The number of sulfone groups is 1. The molecular weight excluding hydrogens is 378 g/mol. The van der Waals surface area contributed by atoms with Gasteiger partial charge in [-0.15, -0.1) is 5.10 Å². The van der Waals surface area contributed by atoms with Crippen molar-refractivity contribution in [2.24, 2.45) is 0 Å². The molecule has 0 unspecified atom stereocenters. The van der Waals surface area contributed by atoms with Crippen molar-refractivity contribution >= 4 is 27.5 Å². The molecule has 11 heteroatoms. The highest BCUT2D eigenvalue weighted by Gasteiger charge is 2.29. The fraction of sp³-hybridized carbons (Fsp3) is 0.467. The predicted octanol–water partition coefficient (Wildman–Crippen LogP) is 0.375. The number of benzene rings is 1. The molecule has 9 nitrogen and oxygen atoms in total. The Morgan fingerprint density at radius 1 is 1.46 bits per heavy atom. The second kappa shape index (κ2) is 7.62. The fourth-order valence-electron chi connectivity index (χ4n) is 2.69. The zero-order chi connectivity index (χ0) is 18.7. The molecule has 1 aliphatic heterocycles. The minimum absolute atomic E-state index is 0.00162. The van der Waals surface area contributed by atoms with Gasteiger partial charge in [0.05, 0.1) is 24.4 Å². The van der Waals surface area contributed by atoms with Gasteiger partial charge in [0.1, 0.15) is 11.4 Å². The molecule has 1 atom stereocenters. The minimum atomic E-state index is -3.03. The number of carbonyl (C=O) groups is 1. The third-order valence-corrected chi connectivity index (χ3v) is 6.62. The summed E-state index contributed by atoms with van der Waals surface area (Å²) in [5.74, 6) is 0.580. The summed E-state index contributed by atoms with van der Waals surface area (Å²) in [5, 5.41) is 14.8. The van der Waals surface area contributed by atoms with E-state index in [0.717, 1.165) is 5.56 Å². The monoisotopic (exact) mass is 397 g/mol. The maximum Gasteiger partial charge on any atom is 0.230 e. The molecular formula is C15H19N5O4S2.